The largest absolute Gasteiger partial charge is 0.497 e. The average molecular weight is 374 g/mol. The Hall–Kier alpha value is -1.03. The number of carbonyl (C=O) groups is 1. The molecule has 0 saturated heterocycles. The standard InChI is InChI=1S/C15H11BrCl2O2/c1-20-11-3-4-13(16)9(6-11)7-15(19)12-8-10(17)2-5-14(12)18/h2-6,8H,7H2,1H3. The Morgan fingerprint density at radius 2 is 1.95 bits per heavy atom. The van der Waals surface area contributed by atoms with Gasteiger partial charge in [-0.1, -0.05) is 39.1 Å². The molecule has 104 valence electrons. The van der Waals surface area contributed by atoms with Crippen molar-refractivity contribution in [1.82, 2.24) is 0 Å². The second-order valence-corrected chi connectivity index (χ2v) is 5.88. The van der Waals surface area contributed by atoms with Crippen LogP contribution in [-0.2, 0) is 6.42 Å². The van der Waals surface area contributed by atoms with Gasteiger partial charge in [-0.3, -0.25) is 4.79 Å². The third kappa shape index (κ3) is 3.54. The van der Waals surface area contributed by atoms with Crippen molar-refractivity contribution >= 4 is 44.9 Å². The first kappa shape index (κ1) is 15.4. The van der Waals surface area contributed by atoms with E-state index >= 15 is 0 Å². The van der Waals surface area contributed by atoms with Crippen LogP contribution in [-0.4, -0.2) is 12.9 Å². The van der Waals surface area contributed by atoms with E-state index in [1.807, 2.05) is 18.2 Å². The number of halogens is 3. The highest BCUT2D eigenvalue weighted by molar-refractivity contribution is 9.10. The van der Waals surface area contributed by atoms with E-state index in [0.717, 1.165) is 10.0 Å². The van der Waals surface area contributed by atoms with Crippen molar-refractivity contribution in [3.63, 3.8) is 0 Å². The van der Waals surface area contributed by atoms with Crippen LogP contribution >= 0.6 is 39.1 Å². The summed E-state index contributed by atoms with van der Waals surface area (Å²) in [7, 11) is 1.59. The van der Waals surface area contributed by atoms with Crippen molar-refractivity contribution in [2.75, 3.05) is 7.11 Å². The molecule has 0 heterocycles. The van der Waals surface area contributed by atoms with Crippen LogP contribution in [0.4, 0.5) is 0 Å². The van der Waals surface area contributed by atoms with E-state index in [1.54, 1.807) is 25.3 Å². The summed E-state index contributed by atoms with van der Waals surface area (Å²) < 4.78 is 6.01. The lowest BCUT2D eigenvalue weighted by Crippen LogP contribution is -2.05. The summed E-state index contributed by atoms with van der Waals surface area (Å²) in [5.41, 5.74) is 1.26. The van der Waals surface area contributed by atoms with Crippen molar-refractivity contribution in [1.29, 1.82) is 0 Å². The Kier molecular flexibility index (Phi) is 5.08. The Morgan fingerprint density at radius 3 is 2.65 bits per heavy atom. The smallest absolute Gasteiger partial charge is 0.168 e. The average Bonchev–Trinajstić information content (AvgIpc) is 2.43. The van der Waals surface area contributed by atoms with Gasteiger partial charge in [-0.25, -0.2) is 0 Å². The maximum atomic E-state index is 12.3. The number of ether oxygens (including phenoxy) is 1. The minimum absolute atomic E-state index is 0.0912. The fourth-order valence-corrected chi connectivity index (χ4v) is 2.57. The molecule has 20 heavy (non-hydrogen) atoms. The maximum absolute atomic E-state index is 12.3. The fraction of sp³-hybridized carbons (Fsp3) is 0.133. The van der Waals surface area contributed by atoms with Gasteiger partial charge in [-0.2, -0.15) is 0 Å². The van der Waals surface area contributed by atoms with Crippen LogP contribution < -0.4 is 4.74 Å². The number of hydrogen-bond donors (Lipinski definition) is 0. The van der Waals surface area contributed by atoms with Crippen LogP contribution in [0.1, 0.15) is 15.9 Å². The number of hydrogen-bond acceptors (Lipinski definition) is 2. The summed E-state index contributed by atoms with van der Waals surface area (Å²) in [4.78, 5) is 12.3. The topological polar surface area (TPSA) is 26.3 Å². The second-order valence-electron chi connectivity index (χ2n) is 4.18. The Labute approximate surface area is 135 Å². The predicted octanol–water partition coefficient (Wildman–Crippen LogP) is 5.19. The van der Waals surface area contributed by atoms with Crippen molar-refractivity contribution in [2.24, 2.45) is 0 Å². The summed E-state index contributed by atoms with van der Waals surface area (Å²) in [5, 5.41) is 0.890. The van der Waals surface area contributed by atoms with Gasteiger partial charge in [0.2, 0.25) is 0 Å². The molecule has 0 aliphatic rings. The molecule has 0 fully saturated rings. The molecule has 0 amide bonds. The zero-order valence-corrected chi connectivity index (χ0v) is 13.7. The monoisotopic (exact) mass is 372 g/mol. The van der Waals surface area contributed by atoms with E-state index < -0.39 is 0 Å². The number of benzene rings is 2. The second kappa shape index (κ2) is 6.61. The van der Waals surface area contributed by atoms with Gasteiger partial charge in [0.1, 0.15) is 5.75 Å². The lowest BCUT2D eigenvalue weighted by Gasteiger charge is -2.08. The summed E-state index contributed by atoms with van der Waals surface area (Å²) in [5.74, 6) is 0.611. The lowest BCUT2D eigenvalue weighted by molar-refractivity contribution is 0.0993. The van der Waals surface area contributed by atoms with Crippen molar-refractivity contribution < 1.29 is 9.53 Å². The van der Waals surface area contributed by atoms with Crippen LogP contribution in [0, 0.1) is 0 Å². The molecule has 0 unspecified atom stereocenters. The molecule has 0 bridgehead atoms. The summed E-state index contributed by atoms with van der Waals surface area (Å²) in [6.07, 6.45) is 0.220. The fourth-order valence-electron chi connectivity index (χ4n) is 1.79. The van der Waals surface area contributed by atoms with Gasteiger partial charge in [-0.05, 0) is 42.0 Å². The van der Waals surface area contributed by atoms with Crippen molar-refractivity contribution in [3.8, 4) is 5.75 Å². The van der Waals surface area contributed by atoms with Gasteiger partial charge >= 0.3 is 0 Å². The zero-order chi connectivity index (χ0) is 14.7. The lowest BCUT2D eigenvalue weighted by atomic mass is 10.0. The molecular formula is C15H11BrCl2O2. The number of Topliss-reactive ketones (excluding diaryl/α,β-unsaturated/α-hetero) is 1. The van der Waals surface area contributed by atoms with E-state index in [4.69, 9.17) is 27.9 Å². The van der Waals surface area contributed by atoms with Gasteiger partial charge in [0.25, 0.3) is 0 Å². The van der Waals surface area contributed by atoms with E-state index in [2.05, 4.69) is 15.9 Å². The molecule has 0 spiro atoms. The first-order valence-electron chi connectivity index (χ1n) is 5.82. The van der Waals surface area contributed by atoms with Crippen molar-refractivity contribution in [2.45, 2.75) is 6.42 Å². The van der Waals surface area contributed by atoms with E-state index in [1.165, 1.54) is 0 Å². The van der Waals surface area contributed by atoms with Crippen molar-refractivity contribution in [3.05, 3.63) is 62.0 Å². The summed E-state index contributed by atoms with van der Waals surface area (Å²) in [6, 6.07) is 10.4. The van der Waals surface area contributed by atoms with Gasteiger partial charge in [0.15, 0.2) is 5.78 Å². The van der Waals surface area contributed by atoms with Crippen LogP contribution in [0.2, 0.25) is 10.0 Å². The molecule has 2 rings (SSSR count). The molecular weight excluding hydrogens is 363 g/mol. The highest BCUT2D eigenvalue weighted by Crippen LogP contribution is 2.26. The molecule has 0 aliphatic heterocycles. The molecule has 0 N–H and O–H groups in total. The molecule has 0 aliphatic carbocycles. The summed E-state index contributed by atoms with van der Waals surface area (Å²) >= 11 is 15.4. The van der Waals surface area contributed by atoms with E-state index in [9.17, 15) is 4.79 Å². The zero-order valence-electron chi connectivity index (χ0n) is 10.6. The number of rotatable bonds is 4. The molecule has 0 saturated carbocycles. The third-order valence-electron chi connectivity index (χ3n) is 2.83. The quantitative estimate of drug-likeness (QED) is 0.689. The molecule has 2 aromatic rings. The Balaban J connectivity index is 2.30. The highest BCUT2D eigenvalue weighted by Gasteiger charge is 2.14. The Morgan fingerprint density at radius 1 is 1.20 bits per heavy atom. The molecule has 0 atom stereocenters. The third-order valence-corrected chi connectivity index (χ3v) is 4.17. The van der Waals surface area contributed by atoms with Crippen LogP contribution in [0.25, 0.3) is 0 Å². The van der Waals surface area contributed by atoms with Gasteiger partial charge in [0.05, 0.1) is 12.1 Å². The molecule has 0 radical (unpaired) electrons. The normalized spacial score (nSPS) is 10.4. The molecule has 2 aromatic carbocycles. The van der Waals surface area contributed by atoms with E-state index in [-0.39, 0.29) is 12.2 Å². The molecule has 5 heteroatoms. The predicted molar refractivity (Wildman–Crippen MR) is 85.2 cm³/mol. The highest BCUT2D eigenvalue weighted by atomic mass is 79.9. The number of ketones is 1. The van der Waals surface area contributed by atoms with Crippen LogP contribution in [0.3, 0.4) is 0 Å². The van der Waals surface area contributed by atoms with Gasteiger partial charge in [-0.15, -0.1) is 0 Å². The van der Waals surface area contributed by atoms with Crippen LogP contribution in [0.15, 0.2) is 40.9 Å². The van der Waals surface area contributed by atoms with Gasteiger partial charge in [0, 0.05) is 21.5 Å². The first-order chi connectivity index (χ1) is 9.51. The number of methoxy groups -OCH3 is 1. The van der Waals surface area contributed by atoms with E-state index in [0.29, 0.717) is 21.4 Å². The molecule has 2 nitrogen and oxygen atoms in total. The summed E-state index contributed by atoms with van der Waals surface area (Å²) in [6.45, 7) is 0. The minimum atomic E-state index is -0.0912. The minimum Gasteiger partial charge on any atom is -0.497 e. The Bertz CT molecular complexity index is 656. The number of carbonyl (C=O) groups excluding carboxylic acids is 1. The maximum Gasteiger partial charge on any atom is 0.168 e. The first-order valence-corrected chi connectivity index (χ1v) is 7.37. The van der Waals surface area contributed by atoms with Gasteiger partial charge < -0.3 is 4.74 Å². The molecule has 0 aromatic heterocycles. The van der Waals surface area contributed by atoms with Crippen LogP contribution in [0.5, 0.6) is 5.75 Å². The SMILES string of the molecule is COc1ccc(Br)c(CC(=O)c2cc(Cl)ccc2Cl)c1.